The van der Waals surface area contributed by atoms with Crippen LogP contribution < -0.4 is 36.4 Å². The average Bonchev–Trinajstić information content (AvgIpc) is 1.54. The van der Waals surface area contributed by atoms with Gasteiger partial charge in [-0.1, -0.05) is 152 Å². The van der Waals surface area contributed by atoms with Crippen molar-refractivity contribution in [1.29, 1.82) is 0 Å². The van der Waals surface area contributed by atoms with Gasteiger partial charge in [0, 0.05) is 112 Å². The predicted molar refractivity (Wildman–Crippen MR) is 435 cm³/mol. The summed E-state index contributed by atoms with van der Waals surface area (Å²) in [5, 5.41) is 55.6. The van der Waals surface area contributed by atoms with Crippen LogP contribution in [0.4, 0.5) is 63.0 Å². The lowest BCUT2D eigenvalue weighted by atomic mass is 10.2. The van der Waals surface area contributed by atoms with Crippen molar-refractivity contribution in [3.05, 3.63) is 256 Å². The number of benzene rings is 5. The molecule has 0 radical (unpaired) electrons. The van der Waals surface area contributed by atoms with Gasteiger partial charge < -0.3 is 65.7 Å². The summed E-state index contributed by atoms with van der Waals surface area (Å²) in [7, 11) is 13.3. The minimum Gasteiger partial charge on any atom is -0.395 e. The van der Waals surface area contributed by atoms with Gasteiger partial charge in [0.2, 0.25) is 28.6 Å². The molecule has 0 aliphatic carbocycles. The lowest BCUT2D eigenvalue weighted by Crippen LogP contribution is -2.20. The van der Waals surface area contributed by atoms with E-state index in [1.807, 2.05) is 215 Å². The van der Waals surface area contributed by atoms with E-state index in [9.17, 15) is 14.5 Å². The summed E-state index contributed by atoms with van der Waals surface area (Å²) in [6.45, 7) is 7.33. The number of hydrogen-bond acceptors (Lipinski definition) is 27. The molecule has 7 N–H and O–H groups in total. The maximum absolute atomic E-state index is 13.6. The lowest BCUT2D eigenvalue weighted by molar-refractivity contribution is -0.394. The van der Waals surface area contributed by atoms with Crippen LogP contribution in [-0.4, -0.2) is 149 Å². The van der Waals surface area contributed by atoms with Crippen LogP contribution in [0.2, 0.25) is 5.28 Å². The molecule has 5 aromatic carbocycles. The number of aryl methyl sites for hydroxylation is 7. The summed E-state index contributed by atoms with van der Waals surface area (Å²) < 4.78 is 24.0. The lowest BCUT2D eigenvalue weighted by Gasteiger charge is -2.18. The zero-order valence-electron chi connectivity index (χ0n) is 63.6. The number of aliphatic hydroxyl groups excluding tert-OH is 1. The maximum atomic E-state index is 13.6. The third-order valence-corrected chi connectivity index (χ3v) is 18.0. The van der Waals surface area contributed by atoms with Crippen molar-refractivity contribution < 1.29 is 14.4 Å². The zero-order valence-corrected chi connectivity index (χ0v) is 64.3. The van der Waals surface area contributed by atoms with Crippen LogP contribution in [0.5, 0.6) is 0 Å². The maximum Gasteiger partial charge on any atom is 0.473 e. The number of nitro groups is 1. The van der Waals surface area contributed by atoms with Crippen LogP contribution in [0.1, 0.15) is 39.2 Å². The topological polar surface area (TPSA) is 394 Å². The summed E-state index contributed by atoms with van der Waals surface area (Å²) in [5.41, 5.74) is 12.4. The number of aliphatic hydroxyl groups is 1. The summed E-state index contributed by atoms with van der Waals surface area (Å²) in [5.74, 6) is 5.14. The Morgan fingerprint density at radius 1 is 0.544 bits per heavy atom. The number of fused-ring (bicyclic) bond motifs is 5. The second kappa shape index (κ2) is 35.9. The molecule has 0 atom stereocenters. The van der Waals surface area contributed by atoms with Crippen molar-refractivity contribution in [2.45, 2.75) is 53.1 Å². The van der Waals surface area contributed by atoms with Gasteiger partial charge in [-0.25, -0.2) is 15.0 Å². The number of hydrogen-bond donors (Lipinski definition) is 7. The quantitative estimate of drug-likeness (QED) is 0.0188. The van der Waals surface area contributed by atoms with Crippen molar-refractivity contribution in [3.63, 3.8) is 0 Å². The van der Waals surface area contributed by atoms with Gasteiger partial charge in [0.25, 0.3) is 0 Å². The number of H-pyrrole nitrogens is 1. The van der Waals surface area contributed by atoms with Gasteiger partial charge in [-0.2, -0.15) is 64.7 Å². The fourth-order valence-corrected chi connectivity index (χ4v) is 11.8. The van der Waals surface area contributed by atoms with Gasteiger partial charge in [0.05, 0.1) is 48.8 Å². The van der Waals surface area contributed by atoms with Crippen LogP contribution in [0, 0.1) is 30.0 Å². The Kier molecular flexibility index (Phi) is 24.4. The van der Waals surface area contributed by atoms with Crippen molar-refractivity contribution in [2.24, 2.45) is 35.2 Å². The molecule has 580 valence electrons. The largest absolute Gasteiger partial charge is 0.473 e. The van der Waals surface area contributed by atoms with Gasteiger partial charge in [-0.05, 0) is 68.2 Å². The third-order valence-electron chi connectivity index (χ3n) is 17.8. The molecule has 0 spiro atoms. The van der Waals surface area contributed by atoms with E-state index >= 15 is 0 Å². The average molecular weight is 1560 g/mol. The summed E-state index contributed by atoms with van der Waals surface area (Å²) in [6, 6.07) is 53.9. The highest BCUT2D eigenvalue weighted by molar-refractivity contribution is 6.28. The number of aromatic amines is 1. The van der Waals surface area contributed by atoms with E-state index in [0.717, 1.165) is 67.6 Å². The molecule has 35 nitrogen and oxygen atoms in total. The van der Waals surface area contributed by atoms with E-state index in [4.69, 9.17) is 31.7 Å². The Bertz CT molecular complexity index is 6030. The molecule has 12 heterocycles. The standard InChI is InChI=1S/2C19H22N8.C14H14FN5O.C13H12N6O2.C12H10ClN5/c1-13-10-16(24-26(13)3)21-17-15-11-20-27(4)18(15)23-19(22-17)25(2)12-14-8-6-5-7-9-14;1-13-10-16(24-26(13)3)25(2)17-15-12-21-27(4)18(15)23-19(22-17)20-11-14-8-6-5-7-9-14;15-14-18-12(16-8-10-4-2-1-3-5-10)11-13(19-14)20(6-7-21)9-17-11;1-18-8-15-10-11(14-7-9-5-3-2-4-6-9)16-13(19(20)21)17-12(10)18;13-12-17-10(9-11(18-12)16-7-15-9)14-6-8-4-2-1-3-5-8/h5-11H,12H2,1-4H3,(H,21,22,23,24);5-10,12H,11H2,1-4H3,(H,20,22,23);1-5,9,21H,6-8H2,(H,16,18,19);2-6,8H,7H2,1H3,(H,14,16,17);1-5,7H,6H2,(H2,14,15,16,17,18). The van der Waals surface area contributed by atoms with Gasteiger partial charge in [-0.3, -0.25) is 18.7 Å². The Morgan fingerprint density at radius 2 is 1.08 bits per heavy atom. The van der Waals surface area contributed by atoms with Crippen molar-refractivity contribution in [3.8, 4) is 0 Å². The van der Waals surface area contributed by atoms with Gasteiger partial charge >= 0.3 is 12.0 Å². The summed E-state index contributed by atoms with van der Waals surface area (Å²) in [4.78, 5) is 72.1. The van der Waals surface area contributed by atoms with Crippen LogP contribution in [-0.2, 0) is 74.5 Å². The Morgan fingerprint density at radius 3 is 1.65 bits per heavy atom. The fraction of sp³-hybridized carbons (Fsp3) is 0.208. The van der Waals surface area contributed by atoms with Gasteiger partial charge in [0.15, 0.2) is 62.7 Å². The van der Waals surface area contributed by atoms with Crippen molar-refractivity contribution in [2.75, 3.05) is 57.1 Å². The molecule has 37 heteroatoms. The second-order valence-corrected chi connectivity index (χ2v) is 26.3. The Hall–Kier alpha value is -14.6. The molecule has 0 saturated heterocycles. The van der Waals surface area contributed by atoms with E-state index in [1.54, 1.807) is 50.6 Å². The molecule has 12 aromatic heterocycles. The Labute approximate surface area is 656 Å². The molecule has 114 heavy (non-hydrogen) atoms. The monoisotopic (exact) mass is 1550 g/mol. The SMILES string of the molecule is Cc1cc(N(C)c2nc(NCc3ccccc3)nc3c2cnn3C)nn1C.Cc1cc(Nc2nc(N(C)Cc3ccccc3)nc3c2cnn3C)nn1C.Clc1nc(NCc2ccccc2)c2[nH]cnc2n1.Cn1cnc2c(NCc3ccccc3)nc([N+](=O)[O-])nc21.OCCn1cnc2c(NCc3ccccc3)nc(F)nc21. The predicted octanol–water partition coefficient (Wildman–Crippen LogP) is 11.6. The second-order valence-electron chi connectivity index (χ2n) is 26.0. The third kappa shape index (κ3) is 19.0. The number of nitrogens with one attached hydrogen (secondary N) is 6. The molecule has 0 aliphatic heterocycles. The van der Waals surface area contributed by atoms with Crippen molar-refractivity contribution >= 4 is 126 Å². The molecular formula is C77H80ClFN32O3. The van der Waals surface area contributed by atoms with Crippen LogP contribution in [0.25, 0.3) is 55.6 Å². The molecule has 17 rings (SSSR count). The van der Waals surface area contributed by atoms with E-state index in [-0.39, 0.29) is 11.9 Å². The first-order chi connectivity index (χ1) is 55.3. The fourth-order valence-electron chi connectivity index (χ4n) is 11.7. The first-order valence-corrected chi connectivity index (χ1v) is 36.1. The number of anilines is 9. The normalized spacial score (nSPS) is 10.9. The molecule has 0 saturated carbocycles. The van der Waals surface area contributed by atoms with Gasteiger partial charge in [-0.15, -0.1) is 0 Å². The van der Waals surface area contributed by atoms with Gasteiger partial charge in [0.1, 0.15) is 11.3 Å². The highest BCUT2D eigenvalue weighted by Crippen LogP contribution is 2.31. The number of imidazole rings is 3. The van der Waals surface area contributed by atoms with Crippen molar-refractivity contribution in [1.82, 2.24) is 118 Å². The van der Waals surface area contributed by atoms with E-state index < -0.39 is 16.9 Å². The van der Waals surface area contributed by atoms with E-state index in [0.29, 0.717) is 102 Å². The van der Waals surface area contributed by atoms with Crippen LogP contribution in [0.15, 0.2) is 195 Å². The highest BCUT2D eigenvalue weighted by atomic mass is 35.5. The molecular weight excluding hydrogens is 1480 g/mol. The molecule has 0 amide bonds. The minimum atomic E-state index is -0.822. The molecule has 0 bridgehead atoms. The molecule has 17 aromatic rings. The number of rotatable bonds is 22. The van der Waals surface area contributed by atoms with E-state index in [2.05, 4.69) is 126 Å². The Balaban J connectivity index is 0.000000125. The smallest absolute Gasteiger partial charge is 0.395 e. The minimum absolute atomic E-state index is 0.0656. The number of halogens is 2. The number of nitrogens with zero attached hydrogens (tertiary/aromatic N) is 26. The first-order valence-electron chi connectivity index (χ1n) is 35.8. The zero-order chi connectivity index (χ0) is 79.8. The molecule has 0 aliphatic rings. The van der Waals surface area contributed by atoms with E-state index in [1.165, 1.54) is 23.0 Å². The molecule has 0 fully saturated rings. The van der Waals surface area contributed by atoms with Crippen LogP contribution >= 0.6 is 11.6 Å². The molecule has 0 unspecified atom stereocenters. The summed E-state index contributed by atoms with van der Waals surface area (Å²) in [6.07, 6.45) is 7.38. The van der Waals surface area contributed by atoms with Crippen LogP contribution in [0.3, 0.4) is 0 Å². The number of aromatic nitrogens is 24. The summed E-state index contributed by atoms with van der Waals surface area (Å²) >= 11 is 5.85. The first kappa shape index (κ1) is 77.6. The highest BCUT2D eigenvalue weighted by Gasteiger charge is 2.23.